The van der Waals surface area contributed by atoms with Crippen molar-refractivity contribution in [3.8, 4) is 0 Å². The van der Waals surface area contributed by atoms with E-state index in [0.717, 1.165) is 41.6 Å². The topological polar surface area (TPSA) is 86.8 Å². The molecule has 2 amide bonds. The zero-order chi connectivity index (χ0) is 24.0. The molecule has 33 heavy (non-hydrogen) atoms. The van der Waals surface area contributed by atoms with Crippen molar-refractivity contribution in [1.82, 2.24) is 9.21 Å². The van der Waals surface area contributed by atoms with Gasteiger partial charge in [-0.1, -0.05) is 36.8 Å². The van der Waals surface area contributed by atoms with E-state index in [0.29, 0.717) is 24.4 Å². The summed E-state index contributed by atoms with van der Waals surface area (Å²) in [5, 5.41) is 2.89. The number of benzene rings is 2. The molecule has 1 fully saturated rings. The summed E-state index contributed by atoms with van der Waals surface area (Å²) in [6.45, 7) is 4.98. The first-order valence-electron chi connectivity index (χ1n) is 11.4. The molecule has 1 N–H and O–H groups in total. The summed E-state index contributed by atoms with van der Waals surface area (Å²) in [5.41, 5.74) is 3.61. The van der Waals surface area contributed by atoms with E-state index < -0.39 is 10.0 Å². The summed E-state index contributed by atoms with van der Waals surface area (Å²) in [6, 6.07) is 12.6. The Labute approximate surface area is 196 Å². The number of carbonyl (C=O) groups excluding carboxylic acids is 2. The summed E-state index contributed by atoms with van der Waals surface area (Å²) in [4.78, 5) is 26.6. The Morgan fingerprint density at radius 3 is 2.18 bits per heavy atom. The lowest BCUT2D eigenvalue weighted by atomic mass is 10.1. The van der Waals surface area contributed by atoms with E-state index in [9.17, 15) is 18.0 Å². The van der Waals surface area contributed by atoms with Crippen LogP contribution in [-0.2, 0) is 26.0 Å². The molecule has 8 heteroatoms. The van der Waals surface area contributed by atoms with Crippen LogP contribution in [0.1, 0.15) is 42.4 Å². The minimum atomic E-state index is -3.46. The minimum absolute atomic E-state index is 0.0282. The van der Waals surface area contributed by atoms with Gasteiger partial charge in [-0.3, -0.25) is 9.59 Å². The molecule has 1 saturated heterocycles. The van der Waals surface area contributed by atoms with E-state index in [4.69, 9.17) is 0 Å². The highest BCUT2D eigenvalue weighted by atomic mass is 32.2. The van der Waals surface area contributed by atoms with Gasteiger partial charge in [0.2, 0.25) is 21.8 Å². The summed E-state index contributed by atoms with van der Waals surface area (Å²) in [7, 11) is -1.84. The van der Waals surface area contributed by atoms with Crippen LogP contribution >= 0.6 is 0 Å². The molecule has 3 rings (SSSR count). The number of rotatable bonds is 8. The predicted octanol–water partition coefficient (Wildman–Crippen LogP) is 3.51. The van der Waals surface area contributed by atoms with Crippen LogP contribution in [0.15, 0.2) is 47.4 Å². The third-order valence-corrected chi connectivity index (χ3v) is 7.97. The number of aryl methyl sites for hydroxylation is 3. The third kappa shape index (κ3) is 6.42. The van der Waals surface area contributed by atoms with Gasteiger partial charge in [0.15, 0.2) is 0 Å². The van der Waals surface area contributed by atoms with Crippen molar-refractivity contribution >= 4 is 27.5 Å². The molecule has 1 heterocycles. The van der Waals surface area contributed by atoms with E-state index in [1.807, 2.05) is 32.0 Å². The smallest absolute Gasteiger partial charge is 0.243 e. The van der Waals surface area contributed by atoms with E-state index in [2.05, 4.69) is 5.32 Å². The first-order valence-corrected chi connectivity index (χ1v) is 12.8. The number of para-hydroxylation sites is 1. The van der Waals surface area contributed by atoms with Crippen LogP contribution in [0.4, 0.5) is 5.69 Å². The van der Waals surface area contributed by atoms with Crippen LogP contribution in [0.3, 0.4) is 0 Å². The Morgan fingerprint density at radius 1 is 0.970 bits per heavy atom. The molecule has 1 aliphatic rings. The van der Waals surface area contributed by atoms with Gasteiger partial charge < -0.3 is 10.2 Å². The van der Waals surface area contributed by atoms with Gasteiger partial charge in [-0.05, 0) is 61.9 Å². The molecule has 0 atom stereocenters. The second-order valence-electron chi connectivity index (χ2n) is 8.67. The summed E-state index contributed by atoms with van der Waals surface area (Å²) in [6.07, 6.45) is 3.59. The fourth-order valence-corrected chi connectivity index (χ4v) is 5.54. The van der Waals surface area contributed by atoms with Crippen molar-refractivity contribution in [3.63, 3.8) is 0 Å². The molecule has 2 aromatic rings. The normalized spacial score (nSPS) is 14.6. The highest BCUT2D eigenvalue weighted by molar-refractivity contribution is 7.89. The number of nitrogens with zero attached hydrogens (tertiary/aromatic N) is 2. The molecule has 0 spiro atoms. The summed E-state index contributed by atoms with van der Waals surface area (Å²) in [5.74, 6) is -0.382. The van der Waals surface area contributed by atoms with Crippen LogP contribution in [-0.4, -0.2) is 56.1 Å². The van der Waals surface area contributed by atoms with Crippen molar-refractivity contribution in [2.75, 3.05) is 32.0 Å². The maximum absolute atomic E-state index is 12.8. The largest absolute Gasteiger partial charge is 0.336 e. The minimum Gasteiger partial charge on any atom is -0.336 e. The molecule has 7 nitrogen and oxygen atoms in total. The van der Waals surface area contributed by atoms with Crippen LogP contribution in [0, 0.1) is 13.8 Å². The molecule has 0 aliphatic carbocycles. The third-order valence-electron chi connectivity index (χ3n) is 6.06. The highest BCUT2D eigenvalue weighted by Crippen LogP contribution is 2.21. The molecule has 2 aromatic carbocycles. The van der Waals surface area contributed by atoms with Crippen LogP contribution in [0.2, 0.25) is 0 Å². The van der Waals surface area contributed by atoms with E-state index >= 15 is 0 Å². The summed E-state index contributed by atoms with van der Waals surface area (Å²) < 4.78 is 27.1. The molecule has 0 radical (unpaired) electrons. The number of hydrogen-bond acceptors (Lipinski definition) is 4. The monoisotopic (exact) mass is 471 g/mol. The molecule has 1 aliphatic heterocycles. The number of carbonyl (C=O) groups is 2. The maximum Gasteiger partial charge on any atom is 0.243 e. The van der Waals surface area contributed by atoms with Gasteiger partial charge in [0.1, 0.15) is 0 Å². The summed E-state index contributed by atoms with van der Waals surface area (Å²) >= 11 is 0. The number of amides is 2. The Bertz CT molecular complexity index is 1070. The SMILES string of the molecule is Cc1cccc(C)c1NC(=O)CN(C)C(=O)CCc1ccc(S(=O)(=O)N2CCCCC2)cc1. The average molecular weight is 472 g/mol. The zero-order valence-corrected chi connectivity index (χ0v) is 20.5. The second kappa shape index (κ2) is 10.9. The first kappa shape index (κ1) is 24.9. The van der Waals surface area contributed by atoms with Gasteiger partial charge in [-0.2, -0.15) is 4.31 Å². The van der Waals surface area contributed by atoms with Crippen molar-refractivity contribution in [3.05, 3.63) is 59.2 Å². The quantitative estimate of drug-likeness (QED) is 0.638. The Hall–Kier alpha value is -2.71. The second-order valence-corrected chi connectivity index (χ2v) is 10.6. The zero-order valence-electron chi connectivity index (χ0n) is 19.6. The van der Waals surface area contributed by atoms with E-state index in [1.165, 1.54) is 4.90 Å². The van der Waals surface area contributed by atoms with Gasteiger partial charge in [-0.25, -0.2) is 8.42 Å². The van der Waals surface area contributed by atoms with Crippen molar-refractivity contribution in [2.45, 2.75) is 50.8 Å². The Kier molecular flexibility index (Phi) is 8.26. The van der Waals surface area contributed by atoms with Crippen molar-refractivity contribution in [2.24, 2.45) is 0 Å². The Morgan fingerprint density at radius 2 is 1.58 bits per heavy atom. The van der Waals surface area contributed by atoms with Gasteiger partial charge in [0, 0.05) is 32.2 Å². The number of likely N-dealkylation sites (N-methyl/N-ethyl adjacent to an activating group) is 1. The lowest BCUT2D eigenvalue weighted by molar-refractivity contribution is -0.133. The molecular weight excluding hydrogens is 438 g/mol. The lowest BCUT2D eigenvalue weighted by Gasteiger charge is -2.25. The maximum atomic E-state index is 12.8. The molecule has 0 aromatic heterocycles. The van der Waals surface area contributed by atoms with Gasteiger partial charge in [-0.15, -0.1) is 0 Å². The van der Waals surface area contributed by atoms with Gasteiger partial charge in [0.25, 0.3) is 0 Å². The molecule has 0 unspecified atom stereocenters. The van der Waals surface area contributed by atoms with Crippen LogP contribution < -0.4 is 5.32 Å². The number of hydrogen-bond donors (Lipinski definition) is 1. The number of anilines is 1. The van der Waals surface area contributed by atoms with Gasteiger partial charge in [0.05, 0.1) is 11.4 Å². The standard InChI is InChI=1S/C25H33N3O4S/c1-19-8-7-9-20(2)25(19)26-23(29)18-27(3)24(30)15-12-21-10-13-22(14-11-21)33(31,32)28-16-5-4-6-17-28/h7-11,13-14H,4-6,12,15-18H2,1-3H3,(H,26,29). The molecular formula is C25H33N3O4S. The number of nitrogens with one attached hydrogen (secondary N) is 1. The Balaban J connectivity index is 1.51. The van der Waals surface area contributed by atoms with E-state index in [-0.39, 0.29) is 24.8 Å². The number of piperidine rings is 1. The predicted molar refractivity (Wildman–Crippen MR) is 130 cm³/mol. The molecule has 0 saturated carbocycles. The van der Waals surface area contributed by atoms with Crippen molar-refractivity contribution in [1.29, 1.82) is 0 Å². The van der Waals surface area contributed by atoms with Gasteiger partial charge >= 0.3 is 0 Å². The fourth-order valence-electron chi connectivity index (χ4n) is 4.02. The molecule has 0 bridgehead atoms. The van der Waals surface area contributed by atoms with E-state index in [1.54, 1.807) is 35.6 Å². The van der Waals surface area contributed by atoms with Crippen LogP contribution in [0.25, 0.3) is 0 Å². The number of sulfonamides is 1. The van der Waals surface area contributed by atoms with Crippen LogP contribution in [0.5, 0.6) is 0 Å². The van der Waals surface area contributed by atoms with Crippen molar-refractivity contribution < 1.29 is 18.0 Å². The first-order chi connectivity index (χ1) is 15.7. The highest BCUT2D eigenvalue weighted by Gasteiger charge is 2.25. The fraction of sp³-hybridized carbons (Fsp3) is 0.440. The molecule has 178 valence electrons. The lowest BCUT2D eigenvalue weighted by Crippen LogP contribution is -2.35. The average Bonchev–Trinajstić information content (AvgIpc) is 2.80.